The summed E-state index contributed by atoms with van der Waals surface area (Å²) in [7, 11) is 0. The molecule has 18 heavy (non-hydrogen) atoms. The van der Waals surface area contributed by atoms with Gasteiger partial charge >= 0.3 is 0 Å². The van der Waals surface area contributed by atoms with Crippen molar-refractivity contribution in [3.05, 3.63) is 50.0 Å². The van der Waals surface area contributed by atoms with Crippen LogP contribution < -0.4 is 5.43 Å². The number of benzene rings is 1. The van der Waals surface area contributed by atoms with Crippen molar-refractivity contribution in [1.82, 2.24) is 0 Å². The van der Waals surface area contributed by atoms with Gasteiger partial charge in [0.15, 0.2) is 0 Å². The molecule has 1 aliphatic rings. The maximum absolute atomic E-state index is 5.98. The molecule has 2 rings (SSSR count). The molecule has 1 aromatic carbocycles. The Balaban J connectivity index is 2.26. The van der Waals surface area contributed by atoms with E-state index in [0.29, 0.717) is 5.71 Å². The van der Waals surface area contributed by atoms with Crippen LogP contribution in [0.15, 0.2) is 49.5 Å². The molecule has 1 aromatic rings. The summed E-state index contributed by atoms with van der Waals surface area (Å²) in [6.45, 7) is 1.99. The van der Waals surface area contributed by atoms with Crippen LogP contribution in [0.25, 0.3) is 0 Å². The number of anilines is 1. The minimum absolute atomic E-state index is 0.216. The predicted octanol–water partition coefficient (Wildman–Crippen LogP) is 5.15. The highest BCUT2D eigenvalue weighted by molar-refractivity contribution is 6.66. The van der Waals surface area contributed by atoms with E-state index in [4.69, 9.17) is 46.4 Å². The van der Waals surface area contributed by atoms with Gasteiger partial charge in [-0.3, -0.25) is 5.43 Å². The fourth-order valence-corrected chi connectivity index (χ4v) is 2.41. The van der Waals surface area contributed by atoms with Gasteiger partial charge in [-0.05, 0) is 24.6 Å². The highest BCUT2D eigenvalue weighted by atomic mass is 35.5. The van der Waals surface area contributed by atoms with Crippen LogP contribution in [0.5, 0.6) is 0 Å². The molecule has 1 aliphatic carbocycles. The summed E-state index contributed by atoms with van der Waals surface area (Å²) in [6.07, 6.45) is 0. The molecule has 6 heteroatoms. The van der Waals surface area contributed by atoms with Gasteiger partial charge < -0.3 is 0 Å². The second kappa shape index (κ2) is 5.54. The third-order valence-corrected chi connectivity index (χ3v) is 4.09. The van der Waals surface area contributed by atoms with Crippen LogP contribution in [-0.2, 0) is 0 Å². The average molecular weight is 322 g/mol. The molecule has 0 spiro atoms. The Bertz CT molecular complexity index is 561. The monoisotopic (exact) mass is 320 g/mol. The van der Waals surface area contributed by atoms with E-state index in [2.05, 4.69) is 10.5 Å². The summed E-state index contributed by atoms with van der Waals surface area (Å²) in [5.41, 5.74) is 5.15. The van der Waals surface area contributed by atoms with Gasteiger partial charge in [0.25, 0.3) is 0 Å². The molecule has 2 nitrogen and oxygen atoms in total. The van der Waals surface area contributed by atoms with Gasteiger partial charge in [-0.1, -0.05) is 58.5 Å². The summed E-state index contributed by atoms with van der Waals surface area (Å²) in [4.78, 5) is 0. The van der Waals surface area contributed by atoms with E-state index >= 15 is 0 Å². The molecule has 0 aromatic heterocycles. The van der Waals surface area contributed by atoms with Crippen LogP contribution in [0, 0.1) is 6.92 Å². The smallest absolute Gasteiger partial charge is 0.124 e. The number of halogens is 4. The standard InChI is InChI=1S/C12H8Cl4N2/c1-6-3-2-4-7(5-6)17-18-12-10(15)8(13)9(14)11(12)16/h2-5,17H,1H3. The third kappa shape index (κ3) is 2.67. The molecule has 0 aliphatic heterocycles. The van der Waals surface area contributed by atoms with Crippen molar-refractivity contribution in [2.45, 2.75) is 6.92 Å². The van der Waals surface area contributed by atoms with Crippen molar-refractivity contribution >= 4 is 57.8 Å². The first-order valence-electron chi connectivity index (χ1n) is 5.02. The van der Waals surface area contributed by atoms with E-state index in [1.807, 2.05) is 31.2 Å². The van der Waals surface area contributed by atoms with Crippen LogP contribution in [-0.4, -0.2) is 5.71 Å². The zero-order valence-electron chi connectivity index (χ0n) is 9.27. The summed E-state index contributed by atoms with van der Waals surface area (Å²) in [6, 6.07) is 7.73. The Labute approximate surface area is 125 Å². The number of hydrogen-bond acceptors (Lipinski definition) is 2. The van der Waals surface area contributed by atoms with Crippen LogP contribution in [0.3, 0.4) is 0 Å². The second-order valence-corrected chi connectivity index (χ2v) is 5.21. The molecule has 0 saturated heterocycles. The van der Waals surface area contributed by atoms with Crippen molar-refractivity contribution in [3.8, 4) is 0 Å². The van der Waals surface area contributed by atoms with Crippen LogP contribution in [0.1, 0.15) is 5.56 Å². The lowest BCUT2D eigenvalue weighted by molar-refractivity contribution is 1.32. The Hall–Kier alpha value is -0.670. The normalized spacial score (nSPS) is 15.5. The lowest BCUT2D eigenvalue weighted by atomic mass is 10.2. The quantitative estimate of drug-likeness (QED) is 0.748. The molecule has 0 unspecified atom stereocenters. The summed E-state index contributed by atoms with van der Waals surface area (Å²) in [5, 5.41) is 5.03. The molecule has 94 valence electrons. The molecule has 0 saturated carbocycles. The summed E-state index contributed by atoms with van der Waals surface area (Å²) >= 11 is 23.7. The number of allylic oxidation sites excluding steroid dienone is 4. The molecule has 0 fully saturated rings. The van der Waals surface area contributed by atoms with E-state index in [1.54, 1.807) is 0 Å². The van der Waals surface area contributed by atoms with Crippen molar-refractivity contribution in [1.29, 1.82) is 0 Å². The number of aryl methyl sites for hydroxylation is 1. The number of nitrogens with zero attached hydrogens (tertiary/aromatic N) is 1. The molecule has 0 atom stereocenters. The number of hydrogen-bond donors (Lipinski definition) is 1. The van der Waals surface area contributed by atoms with Gasteiger partial charge in [-0.25, -0.2) is 0 Å². The van der Waals surface area contributed by atoms with E-state index in [9.17, 15) is 0 Å². The van der Waals surface area contributed by atoms with Crippen LogP contribution >= 0.6 is 46.4 Å². The summed E-state index contributed by atoms with van der Waals surface area (Å²) < 4.78 is 0. The minimum atomic E-state index is 0.216. The molecular weight excluding hydrogens is 314 g/mol. The number of rotatable bonds is 2. The Morgan fingerprint density at radius 2 is 1.56 bits per heavy atom. The maximum Gasteiger partial charge on any atom is 0.124 e. The van der Waals surface area contributed by atoms with E-state index in [0.717, 1.165) is 11.3 Å². The topological polar surface area (TPSA) is 24.4 Å². The predicted molar refractivity (Wildman–Crippen MR) is 79.7 cm³/mol. The first-order chi connectivity index (χ1) is 8.50. The summed E-state index contributed by atoms with van der Waals surface area (Å²) in [5.74, 6) is 0. The molecule has 0 amide bonds. The second-order valence-electron chi connectivity index (χ2n) is 3.70. The molecule has 0 heterocycles. The minimum Gasteiger partial charge on any atom is -0.278 e. The van der Waals surface area contributed by atoms with E-state index in [-0.39, 0.29) is 20.1 Å². The first-order valence-corrected chi connectivity index (χ1v) is 6.54. The molecule has 1 N–H and O–H groups in total. The van der Waals surface area contributed by atoms with Crippen molar-refractivity contribution in [2.24, 2.45) is 5.10 Å². The van der Waals surface area contributed by atoms with Crippen molar-refractivity contribution < 1.29 is 0 Å². The SMILES string of the molecule is Cc1cccc(NN=C2C(Cl)=C(Cl)C(Cl)=C2Cl)c1. The van der Waals surface area contributed by atoms with Gasteiger partial charge in [0.1, 0.15) is 5.71 Å². The van der Waals surface area contributed by atoms with E-state index in [1.165, 1.54) is 0 Å². The van der Waals surface area contributed by atoms with Crippen LogP contribution in [0.2, 0.25) is 0 Å². The Morgan fingerprint density at radius 3 is 2.11 bits per heavy atom. The molecule has 0 radical (unpaired) electrons. The maximum atomic E-state index is 5.98. The van der Waals surface area contributed by atoms with Crippen LogP contribution in [0.4, 0.5) is 5.69 Å². The van der Waals surface area contributed by atoms with Gasteiger partial charge in [-0.2, -0.15) is 5.10 Å². The highest BCUT2D eigenvalue weighted by Crippen LogP contribution is 2.39. The first kappa shape index (κ1) is 13.8. The van der Waals surface area contributed by atoms with Gasteiger partial charge in [0, 0.05) is 0 Å². The van der Waals surface area contributed by atoms with Gasteiger partial charge in [0.2, 0.25) is 0 Å². The average Bonchev–Trinajstić information content (AvgIpc) is 2.52. The fourth-order valence-electron chi connectivity index (χ4n) is 1.43. The van der Waals surface area contributed by atoms with Crippen molar-refractivity contribution in [3.63, 3.8) is 0 Å². The Morgan fingerprint density at radius 1 is 0.944 bits per heavy atom. The molecule has 0 bridgehead atoms. The highest BCUT2D eigenvalue weighted by Gasteiger charge is 2.26. The van der Waals surface area contributed by atoms with E-state index < -0.39 is 0 Å². The number of hydrazone groups is 1. The zero-order valence-corrected chi connectivity index (χ0v) is 12.3. The van der Waals surface area contributed by atoms with Crippen molar-refractivity contribution in [2.75, 3.05) is 5.43 Å². The molecular formula is C12H8Cl4N2. The third-order valence-electron chi connectivity index (χ3n) is 2.31. The lowest BCUT2D eigenvalue weighted by Crippen LogP contribution is -2.00. The van der Waals surface area contributed by atoms with Gasteiger partial charge in [-0.15, -0.1) is 0 Å². The Kier molecular flexibility index (Phi) is 4.23. The lowest BCUT2D eigenvalue weighted by Gasteiger charge is -2.03. The fraction of sp³-hybridized carbons (Fsp3) is 0.0833. The largest absolute Gasteiger partial charge is 0.278 e. The zero-order chi connectivity index (χ0) is 13.3. The number of nitrogens with one attached hydrogen (secondary N) is 1. The van der Waals surface area contributed by atoms with Gasteiger partial charge in [0.05, 0.1) is 25.8 Å².